The van der Waals surface area contributed by atoms with Crippen molar-refractivity contribution in [2.75, 3.05) is 7.05 Å². The van der Waals surface area contributed by atoms with Crippen LogP contribution in [0.1, 0.15) is 38.4 Å². The number of hydrogen-bond acceptors (Lipinski definition) is 4. The third-order valence-electron chi connectivity index (χ3n) is 2.42. The Bertz CT molecular complexity index is 223. The molecule has 1 N–H and O–H groups in total. The van der Waals surface area contributed by atoms with Crippen molar-refractivity contribution < 1.29 is 0 Å². The number of nitrogens with zero attached hydrogens (tertiary/aromatic N) is 2. The maximum absolute atomic E-state index is 4.08. The summed E-state index contributed by atoms with van der Waals surface area (Å²) in [5, 5.41) is 9.37. The summed E-state index contributed by atoms with van der Waals surface area (Å²) in [4.78, 5) is 0. The molecule has 1 heterocycles. The minimum atomic E-state index is 0.369. The van der Waals surface area contributed by atoms with Gasteiger partial charge in [0.15, 0.2) is 0 Å². The van der Waals surface area contributed by atoms with Crippen molar-refractivity contribution in [1.82, 2.24) is 14.9 Å². The van der Waals surface area contributed by atoms with Gasteiger partial charge in [-0.1, -0.05) is 24.8 Å². The molecule has 1 aromatic rings. The number of rotatable bonds is 5. The lowest BCUT2D eigenvalue weighted by molar-refractivity contribution is 0.415. The Kier molecular flexibility index (Phi) is 4.32. The van der Waals surface area contributed by atoms with Gasteiger partial charge < -0.3 is 5.32 Å². The lowest BCUT2D eigenvalue weighted by Gasteiger charge is -2.16. The van der Waals surface area contributed by atoms with E-state index in [-0.39, 0.29) is 0 Å². The zero-order valence-corrected chi connectivity index (χ0v) is 9.27. The van der Waals surface area contributed by atoms with E-state index >= 15 is 0 Å². The van der Waals surface area contributed by atoms with Gasteiger partial charge in [0.05, 0.1) is 11.7 Å². The van der Waals surface area contributed by atoms with Crippen LogP contribution in [0.25, 0.3) is 0 Å². The molecule has 4 heteroatoms. The molecule has 0 aliphatic carbocycles. The third-order valence-corrected chi connectivity index (χ3v) is 2.94. The molecule has 0 aromatic carbocycles. The van der Waals surface area contributed by atoms with Crippen molar-refractivity contribution in [3.05, 3.63) is 11.1 Å². The molecule has 74 valence electrons. The lowest BCUT2D eigenvalue weighted by atomic mass is 9.98. The highest BCUT2D eigenvalue weighted by atomic mass is 32.1. The normalized spacial score (nSPS) is 15.6. The van der Waals surface area contributed by atoms with Crippen molar-refractivity contribution in [2.24, 2.45) is 5.92 Å². The van der Waals surface area contributed by atoms with Gasteiger partial charge in [-0.2, -0.15) is 0 Å². The topological polar surface area (TPSA) is 37.8 Å². The van der Waals surface area contributed by atoms with Gasteiger partial charge >= 0.3 is 0 Å². The molecule has 0 amide bonds. The van der Waals surface area contributed by atoms with Crippen LogP contribution in [0.3, 0.4) is 0 Å². The highest BCUT2D eigenvalue weighted by Gasteiger charge is 2.14. The molecule has 13 heavy (non-hydrogen) atoms. The van der Waals surface area contributed by atoms with E-state index in [0.717, 1.165) is 18.0 Å². The van der Waals surface area contributed by atoms with Gasteiger partial charge in [0.1, 0.15) is 0 Å². The minimum Gasteiger partial charge on any atom is -0.312 e. The van der Waals surface area contributed by atoms with Crippen LogP contribution in [0.5, 0.6) is 0 Å². The summed E-state index contributed by atoms with van der Waals surface area (Å²) in [6.07, 6.45) is 2.36. The van der Waals surface area contributed by atoms with E-state index < -0.39 is 0 Å². The second-order valence-corrected chi connectivity index (χ2v) is 4.03. The Labute approximate surface area is 83.7 Å². The SMILES string of the molecule is CCC(C)CC(NC)c1csnn1. The van der Waals surface area contributed by atoms with Crippen LogP contribution in [0, 0.1) is 5.92 Å². The molecule has 0 aliphatic heterocycles. The van der Waals surface area contributed by atoms with E-state index in [1.54, 1.807) is 0 Å². The second kappa shape index (κ2) is 5.29. The first kappa shape index (κ1) is 10.6. The van der Waals surface area contributed by atoms with Gasteiger partial charge in [-0.3, -0.25) is 0 Å². The summed E-state index contributed by atoms with van der Waals surface area (Å²) in [6, 6.07) is 0.369. The Morgan fingerprint density at radius 1 is 1.62 bits per heavy atom. The molecule has 3 nitrogen and oxygen atoms in total. The largest absolute Gasteiger partial charge is 0.312 e. The van der Waals surface area contributed by atoms with Gasteiger partial charge in [0.2, 0.25) is 0 Å². The van der Waals surface area contributed by atoms with Crippen LogP contribution in [0.15, 0.2) is 5.38 Å². The standard InChI is InChI=1S/C9H17N3S/c1-4-7(2)5-8(10-3)9-6-13-12-11-9/h6-8,10H,4-5H2,1-3H3. The fourth-order valence-electron chi connectivity index (χ4n) is 1.28. The van der Waals surface area contributed by atoms with Gasteiger partial charge in [0.25, 0.3) is 0 Å². The highest BCUT2D eigenvalue weighted by Crippen LogP contribution is 2.21. The average molecular weight is 199 g/mol. The van der Waals surface area contributed by atoms with E-state index in [2.05, 4.69) is 28.8 Å². The predicted octanol–water partition coefficient (Wildman–Crippen LogP) is 2.23. The molecule has 0 saturated heterocycles. The first-order valence-corrected chi connectivity index (χ1v) is 5.55. The van der Waals surface area contributed by atoms with Crippen molar-refractivity contribution in [1.29, 1.82) is 0 Å². The molecule has 0 aliphatic rings. The molecular formula is C9H17N3S. The Hall–Kier alpha value is -0.480. The summed E-state index contributed by atoms with van der Waals surface area (Å²) in [5.41, 5.74) is 1.08. The molecule has 0 spiro atoms. The molecule has 0 fully saturated rings. The number of hydrogen-bond donors (Lipinski definition) is 1. The van der Waals surface area contributed by atoms with Crippen molar-refractivity contribution in [3.63, 3.8) is 0 Å². The summed E-state index contributed by atoms with van der Waals surface area (Å²) in [5.74, 6) is 0.735. The summed E-state index contributed by atoms with van der Waals surface area (Å²) < 4.78 is 3.88. The number of nitrogens with one attached hydrogen (secondary N) is 1. The minimum absolute atomic E-state index is 0.369. The Balaban J connectivity index is 2.53. The summed E-state index contributed by atoms with van der Waals surface area (Å²) in [6.45, 7) is 4.49. The number of aromatic nitrogens is 2. The molecule has 2 unspecified atom stereocenters. The van der Waals surface area contributed by atoms with Gasteiger partial charge in [-0.05, 0) is 30.9 Å². The van der Waals surface area contributed by atoms with Crippen LogP contribution in [-0.4, -0.2) is 16.6 Å². The summed E-state index contributed by atoms with van der Waals surface area (Å²) in [7, 11) is 1.98. The van der Waals surface area contributed by atoms with Crippen molar-refractivity contribution >= 4 is 11.5 Å². The summed E-state index contributed by atoms with van der Waals surface area (Å²) >= 11 is 1.42. The first-order chi connectivity index (χ1) is 6.27. The molecule has 0 saturated carbocycles. The fraction of sp³-hybridized carbons (Fsp3) is 0.778. The van der Waals surface area contributed by atoms with Crippen LogP contribution in [0.4, 0.5) is 0 Å². The highest BCUT2D eigenvalue weighted by molar-refractivity contribution is 7.03. The zero-order chi connectivity index (χ0) is 9.68. The maximum Gasteiger partial charge on any atom is 0.0924 e. The molecule has 1 rings (SSSR count). The van der Waals surface area contributed by atoms with Crippen LogP contribution >= 0.6 is 11.5 Å². The van der Waals surface area contributed by atoms with Gasteiger partial charge in [-0.25, -0.2) is 0 Å². The average Bonchev–Trinajstić information content (AvgIpc) is 2.66. The molecule has 2 atom stereocenters. The van der Waals surface area contributed by atoms with Crippen LogP contribution < -0.4 is 5.32 Å². The molecule has 0 bridgehead atoms. The van der Waals surface area contributed by atoms with E-state index in [4.69, 9.17) is 0 Å². The van der Waals surface area contributed by atoms with Crippen molar-refractivity contribution in [2.45, 2.75) is 32.7 Å². The first-order valence-electron chi connectivity index (χ1n) is 4.72. The van der Waals surface area contributed by atoms with Crippen molar-refractivity contribution in [3.8, 4) is 0 Å². The predicted molar refractivity (Wildman–Crippen MR) is 55.8 cm³/mol. The molecule has 1 aromatic heterocycles. The molecule has 0 radical (unpaired) electrons. The quantitative estimate of drug-likeness (QED) is 0.790. The maximum atomic E-state index is 4.08. The fourth-order valence-corrected chi connectivity index (χ4v) is 1.79. The van der Waals surface area contributed by atoms with Gasteiger partial charge in [0, 0.05) is 5.38 Å². The smallest absolute Gasteiger partial charge is 0.0924 e. The van der Waals surface area contributed by atoms with E-state index in [1.807, 2.05) is 12.4 Å². The van der Waals surface area contributed by atoms with E-state index in [0.29, 0.717) is 6.04 Å². The van der Waals surface area contributed by atoms with Crippen LogP contribution in [0.2, 0.25) is 0 Å². The zero-order valence-electron chi connectivity index (χ0n) is 8.45. The van der Waals surface area contributed by atoms with Gasteiger partial charge in [-0.15, -0.1) is 5.10 Å². The Morgan fingerprint density at radius 3 is 2.85 bits per heavy atom. The van der Waals surface area contributed by atoms with Crippen LogP contribution in [-0.2, 0) is 0 Å². The van der Waals surface area contributed by atoms with E-state index in [9.17, 15) is 0 Å². The lowest BCUT2D eigenvalue weighted by Crippen LogP contribution is -2.19. The van der Waals surface area contributed by atoms with E-state index in [1.165, 1.54) is 18.0 Å². The monoisotopic (exact) mass is 199 g/mol. The molecular weight excluding hydrogens is 182 g/mol. The Morgan fingerprint density at radius 2 is 2.38 bits per heavy atom. The third kappa shape index (κ3) is 3.04. The second-order valence-electron chi connectivity index (χ2n) is 3.42.